The number of nitrogens with zero attached hydrogens (tertiary/aromatic N) is 4. The van der Waals surface area contributed by atoms with Crippen LogP contribution in [0.5, 0.6) is 0 Å². The molecule has 0 amide bonds. The molecule has 4 nitrogen and oxygen atoms in total. The van der Waals surface area contributed by atoms with Gasteiger partial charge >= 0.3 is 0 Å². The van der Waals surface area contributed by atoms with Gasteiger partial charge in [0.1, 0.15) is 45.3 Å². The topological polar surface area (TPSA) is 6.48 Å². The molecular formula is C14H32N4+2. The van der Waals surface area contributed by atoms with Crippen molar-refractivity contribution in [2.45, 2.75) is 6.04 Å². The van der Waals surface area contributed by atoms with Crippen molar-refractivity contribution in [2.75, 3.05) is 87.6 Å². The number of rotatable bonds is 5. The van der Waals surface area contributed by atoms with Crippen LogP contribution in [0.1, 0.15) is 0 Å². The second-order valence-electron chi connectivity index (χ2n) is 7.36. The third-order valence-electron chi connectivity index (χ3n) is 5.18. The Morgan fingerprint density at radius 3 is 1.50 bits per heavy atom. The van der Waals surface area contributed by atoms with Gasteiger partial charge in [0, 0.05) is 0 Å². The Balaban J connectivity index is 2.09. The summed E-state index contributed by atoms with van der Waals surface area (Å²) in [4.78, 5) is 4.75. The molecular weight excluding hydrogens is 224 g/mol. The van der Waals surface area contributed by atoms with Crippen molar-refractivity contribution in [2.24, 2.45) is 0 Å². The van der Waals surface area contributed by atoms with Gasteiger partial charge in [0.25, 0.3) is 0 Å². The summed E-state index contributed by atoms with van der Waals surface area (Å²) >= 11 is 0. The molecule has 3 rings (SSSR count). The van der Waals surface area contributed by atoms with Crippen LogP contribution in [-0.2, 0) is 0 Å². The Kier molecular flexibility index (Phi) is 4.02. The molecule has 4 heteroatoms. The van der Waals surface area contributed by atoms with E-state index in [0.717, 1.165) is 6.04 Å². The molecule has 2 bridgehead atoms. The number of quaternary nitrogens is 2. The molecule has 0 aromatic heterocycles. The maximum absolute atomic E-state index is 2.44. The lowest BCUT2D eigenvalue weighted by molar-refractivity contribution is -1.08. The number of hydrogen-bond acceptors (Lipinski definition) is 2. The molecule has 18 heavy (non-hydrogen) atoms. The first-order valence-corrected chi connectivity index (χ1v) is 7.34. The summed E-state index contributed by atoms with van der Waals surface area (Å²) in [7, 11) is 11.3. The van der Waals surface area contributed by atoms with Gasteiger partial charge in [-0.2, -0.15) is 0 Å². The molecule has 0 aliphatic carbocycles. The van der Waals surface area contributed by atoms with Crippen LogP contribution in [-0.4, -0.2) is 112 Å². The van der Waals surface area contributed by atoms with Gasteiger partial charge in [-0.15, -0.1) is 0 Å². The number of piperazine rings is 3. The molecule has 0 unspecified atom stereocenters. The summed E-state index contributed by atoms with van der Waals surface area (Å²) in [6, 6.07) is 0.782. The minimum atomic E-state index is 0.782. The summed E-state index contributed by atoms with van der Waals surface area (Å²) < 4.78 is 2.71. The van der Waals surface area contributed by atoms with E-state index >= 15 is 0 Å². The normalized spacial score (nSPS) is 36.0. The molecule has 106 valence electrons. The van der Waals surface area contributed by atoms with Crippen LogP contribution in [0.25, 0.3) is 0 Å². The van der Waals surface area contributed by atoms with Crippen molar-refractivity contribution in [1.29, 1.82) is 0 Å². The molecule has 3 aliphatic rings. The second-order valence-corrected chi connectivity index (χ2v) is 7.36. The van der Waals surface area contributed by atoms with E-state index in [-0.39, 0.29) is 0 Å². The van der Waals surface area contributed by atoms with Crippen LogP contribution >= 0.6 is 0 Å². The zero-order valence-electron chi connectivity index (χ0n) is 13.0. The Morgan fingerprint density at radius 2 is 1.17 bits per heavy atom. The Morgan fingerprint density at radius 1 is 0.778 bits per heavy atom. The maximum atomic E-state index is 2.44. The predicted octanol–water partition coefficient (Wildman–Crippen LogP) is -0.231. The van der Waals surface area contributed by atoms with Gasteiger partial charge in [0.2, 0.25) is 0 Å². The molecule has 0 radical (unpaired) electrons. The zero-order valence-corrected chi connectivity index (χ0v) is 13.0. The van der Waals surface area contributed by atoms with E-state index in [2.05, 4.69) is 45.0 Å². The number of likely N-dealkylation sites (N-methyl/N-ethyl adjacent to an activating group) is 3. The van der Waals surface area contributed by atoms with Gasteiger partial charge in [-0.25, -0.2) is 0 Å². The quantitative estimate of drug-likeness (QED) is 0.627. The highest BCUT2D eigenvalue weighted by atomic mass is 15.5. The summed E-state index contributed by atoms with van der Waals surface area (Å²) in [5.41, 5.74) is 0. The van der Waals surface area contributed by atoms with Crippen LogP contribution in [0.2, 0.25) is 0 Å². The van der Waals surface area contributed by atoms with Gasteiger partial charge in [-0.05, 0) is 28.2 Å². The van der Waals surface area contributed by atoms with Crippen molar-refractivity contribution in [3.05, 3.63) is 0 Å². The summed E-state index contributed by atoms with van der Waals surface area (Å²) in [5.74, 6) is 0. The van der Waals surface area contributed by atoms with Gasteiger partial charge in [-0.1, -0.05) is 0 Å². The third kappa shape index (κ3) is 2.87. The van der Waals surface area contributed by atoms with Crippen LogP contribution in [0, 0.1) is 0 Å². The van der Waals surface area contributed by atoms with Crippen molar-refractivity contribution in [3.63, 3.8) is 0 Å². The molecule has 3 fully saturated rings. The van der Waals surface area contributed by atoms with E-state index in [1.54, 1.807) is 0 Å². The van der Waals surface area contributed by atoms with Crippen LogP contribution < -0.4 is 0 Å². The average Bonchev–Trinajstić information content (AvgIpc) is 2.28. The average molecular weight is 256 g/mol. The standard InChI is InChI=1S/C14H32N4/c1-15(2)12-14(13-16(3)4)18-9-6-17(5,7-10-18)8-11-18/h14H,6-13H2,1-5H3/q+2. The summed E-state index contributed by atoms with van der Waals surface area (Å²) in [6.45, 7) is 10.8. The van der Waals surface area contributed by atoms with E-state index in [1.165, 1.54) is 61.3 Å². The molecule has 0 spiro atoms. The second kappa shape index (κ2) is 5.08. The summed E-state index contributed by atoms with van der Waals surface area (Å²) in [5, 5.41) is 0. The lowest BCUT2D eigenvalue weighted by Gasteiger charge is -2.57. The highest BCUT2D eigenvalue weighted by Crippen LogP contribution is 2.28. The highest BCUT2D eigenvalue weighted by Gasteiger charge is 2.50. The van der Waals surface area contributed by atoms with Crippen molar-refractivity contribution in [1.82, 2.24) is 9.80 Å². The molecule has 3 saturated heterocycles. The first-order chi connectivity index (χ1) is 8.35. The molecule has 0 aromatic rings. The van der Waals surface area contributed by atoms with E-state index in [0.29, 0.717) is 0 Å². The Bertz CT molecular complexity index is 253. The fourth-order valence-corrected chi connectivity index (χ4v) is 3.79. The van der Waals surface area contributed by atoms with E-state index in [9.17, 15) is 0 Å². The molecule has 0 saturated carbocycles. The molecule has 3 heterocycles. The lowest BCUT2D eigenvalue weighted by Crippen LogP contribution is -2.77. The molecule has 3 aliphatic heterocycles. The molecule has 0 aromatic carbocycles. The molecule has 0 atom stereocenters. The van der Waals surface area contributed by atoms with E-state index < -0.39 is 0 Å². The zero-order chi connectivity index (χ0) is 13.4. The minimum Gasteiger partial charge on any atom is -0.312 e. The van der Waals surface area contributed by atoms with Crippen molar-refractivity contribution < 1.29 is 8.97 Å². The fraction of sp³-hybridized carbons (Fsp3) is 1.00. The van der Waals surface area contributed by atoms with E-state index in [1.807, 2.05) is 0 Å². The predicted molar refractivity (Wildman–Crippen MR) is 76.5 cm³/mol. The van der Waals surface area contributed by atoms with E-state index in [4.69, 9.17) is 0 Å². The van der Waals surface area contributed by atoms with Gasteiger partial charge < -0.3 is 18.8 Å². The minimum absolute atomic E-state index is 0.782. The third-order valence-corrected chi connectivity index (χ3v) is 5.18. The van der Waals surface area contributed by atoms with Crippen molar-refractivity contribution in [3.8, 4) is 0 Å². The maximum Gasteiger partial charge on any atom is 0.129 e. The lowest BCUT2D eigenvalue weighted by atomic mass is 10.0. The van der Waals surface area contributed by atoms with Gasteiger partial charge in [0.15, 0.2) is 0 Å². The van der Waals surface area contributed by atoms with Crippen LogP contribution in [0.3, 0.4) is 0 Å². The van der Waals surface area contributed by atoms with Crippen molar-refractivity contribution >= 4 is 0 Å². The summed E-state index contributed by atoms with van der Waals surface area (Å²) in [6.07, 6.45) is 0. The highest BCUT2D eigenvalue weighted by molar-refractivity contribution is 4.72. The van der Waals surface area contributed by atoms with Gasteiger partial charge in [0.05, 0.1) is 20.1 Å². The molecule has 0 N–H and O–H groups in total. The Hall–Kier alpha value is -0.160. The monoisotopic (exact) mass is 256 g/mol. The van der Waals surface area contributed by atoms with Crippen LogP contribution in [0.4, 0.5) is 0 Å². The fourth-order valence-electron chi connectivity index (χ4n) is 3.79. The number of fused-ring (bicyclic) bond motifs is 3. The Labute approximate surface area is 113 Å². The van der Waals surface area contributed by atoms with Crippen LogP contribution in [0.15, 0.2) is 0 Å². The smallest absolute Gasteiger partial charge is 0.129 e. The van der Waals surface area contributed by atoms with Gasteiger partial charge in [-0.3, -0.25) is 0 Å². The number of hydrogen-bond donors (Lipinski definition) is 0. The first-order valence-electron chi connectivity index (χ1n) is 7.34. The SMILES string of the molecule is CN(C)CC(CN(C)C)[N+]12CC[N+](C)(CC1)CC2. The largest absolute Gasteiger partial charge is 0.312 e. The first kappa shape index (κ1) is 14.3.